The van der Waals surface area contributed by atoms with E-state index in [1.54, 1.807) is 0 Å². The predicted molar refractivity (Wildman–Crippen MR) is 86.4 cm³/mol. The fraction of sp³-hybridized carbons (Fsp3) is 0.812. The van der Waals surface area contributed by atoms with E-state index in [1.807, 2.05) is 11.3 Å². The second kappa shape index (κ2) is 6.02. The minimum Gasteiger partial charge on any atom is -0.348 e. The molecule has 1 atom stereocenters. The smallest absolute Gasteiger partial charge is 0.185 e. The van der Waals surface area contributed by atoms with Gasteiger partial charge in [-0.25, -0.2) is 4.98 Å². The highest BCUT2D eigenvalue weighted by atomic mass is 32.1. The van der Waals surface area contributed by atoms with E-state index in [1.165, 1.54) is 54.5 Å². The first kappa shape index (κ1) is 14.3. The second-order valence-electron chi connectivity index (χ2n) is 6.61. The van der Waals surface area contributed by atoms with E-state index in [-0.39, 0.29) is 0 Å². The van der Waals surface area contributed by atoms with Gasteiger partial charge in [-0.15, -0.1) is 11.3 Å². The van der Waals surface area contributed by atoms with Crippen LogP contribution >= 0.6 is 11.3 Å². The van der Waals surface area contributed by atoms with Gasteiger partial charge in [0.05, 0.1) is 5.69 Å². The summed E-state index contributed by atoms with van der Waals surface area (Å²) in [7, 11) is 0. The van der Waals surface area contributed by atoms with Crippen LogP contribution in [0.25, 0.3) is 0 Å². The fourth-order valence-electron chi connectivity index (χ4n) is 2.67. The molecule has 2 fully saturated rings. The predicted octanol–water partition coefficient (Wildman–Crippen LogP) is 3.74. The zero-order chi connectivity index (χ0) is 14.1. The van der Waals surface area contributed by atoms with Gasteiger partial charge < -0.3 is 10.6 Å². The summed E-state index contributed by atoms with van der Waals surface area (Å²) in [6.45, 7) is 7.57. The zero-order valence-corrected chi connectivity index (χ0v) is 13.6. The third kappa shape index (κ3) is 3.34. The van der Waals surface area contributed by atoms with Crippen LogP contribution in [0, 0.1) is 11.8 Å². The van der Waals surface area contributed by atoms with Gasteiger partial charge in [-0.2, -0.15) is 0 Å². The number of thiazole rings is 1. The van der Waals surface area contributed by atoms with Crippen molar-refractivity contribution in [3.63, 3.8) is 0 Å². The van der Waals surface area contributed by atoms with Gasteiger partial charge in [-0.05, 0) is 49.9 Å². The monoisotopic (exact) mass is 293 g/mol. The molecule has 0 saturated heterocycles. The average Bonchev–Trinajstić information content (AvgIpc) is 3.38. The number of hydrogen-bond donors (Lipinski definition) is 1. The molecule has 2 N–H and O–H groups in total. The maximum Gasteiger partial charge on any atom is 0.185 e. The quantitative estimate of drug-likeness (QED) is 0.794. The Morgan fingerprint density at radius 2 is 1.85 bits per heavy atom. The van der Waals surface area contributed by atoms with Gasteiger partial charge in [0.25, 0.3) is 0 Å². The molecule has 0 aliphatic heterocycles. The summed E-state index contributed by atoms with van der Waals surface area (Å²) in [4.78, 5) is 8.84. The molecule has 1 aromatic rings. The number of nitrogens with zero attached hydrogens (tertiary/aromatic N) is 2. The van der Waals surface area contributed by atoms with Crippen molar-refractivity contribution in [1.29, 1.82) is 0 Å². The van der Waals surface area contributed by atoms with E-state index in [0.29, 0.717) is 12.5 Å². The lowest BCUT2D eigenvalue weighted by atomic mass is 10.0. The van der Waals surface area contributed by atoms with E-state index in [4.69, 9.17) is 10.7 Å². The summed E-state index contributed by atoms with van der Waals surface area (Å²) in [5, 5.41) is 1.24. The van der Waals surface area contributed by atoms with Crippen LogP contribution in [0.5, 0.6) is 0 Å². The lowest BCUT2D eigenvalue weighted by Crippen LogP contribution is -2.28. The second-order valence-corrected chi connectivity index (χ2v) is 7.67. The largest absolute Gasteiger partial charge is 0.348 e. The summed E-state index contributed by atoms with van der Waals surface area (Å²) in [6, 6.07) is 0. The Morgan fingerprint density at radius 3 is 2.30 bits per heavy atom. The lowest BCUT2D eigenvalue weighted by Gasteiger charge is -2.21. The lowest BCUT2D eigenvalue weighted by molar-refractivity contribution is 0.667. The first-order valence-corrected chi connectivity index (χ1v) is 8.97. The standard InChI is InChI=1S/C16H27N3S/c1-3-11(2)15-14(8-17)20-16(18-15)19(9-12-4-5-12)10-13-6-7-13/h11-13H,3-10,17H2,1-2H3. The summed E-state index contributed by atoms with van der Waals surface area (Å²) in [6.07, 6.45) is 6.79. The van der Waals surface area contributed by atoms with Crippen LogP contribution in [0.15, 0.2) is 0 Å². The molecule has 0 bridgehead atoms. The molecule has 20 heavy (non-hydrogen) atoms. The Hall–Kier alpha value is -0.610. The molecular weight excluding hydrogens is 266 g/mol. The van der Waals surface area contributed by atoms with E-state index in [9.17, 15) is 0 Å². The van der Waals surface area contributed by atoms with Gasteiger partial charge in [0.15, 0.2) is 5.13 Å². The van der Waals surface area contributed by atoms with E-state index in [2.05, 4.69) is 18.7 Å². The molecule has 0 radical (unpaired) electrons. The number of aromatic nitrogens is 1. The number of nitrogens with two attached hydrogens (primary N) is 1. The van der Waals surface area contributed by atoms with Gasteiger partial charge in [0.2, 0.25) is 0 Å². The van der Waals surface area contributed by atoms with Gasteiger partial charge in [-0.1, -0.05) is 13.8 Å². The van der Waals surface area contributed by atoms with E-state index < -0.39 is 0 Å². The minimum atomic E-state index is 0.530. The first-order valence-electron chi connectivity index (χ1n) is 8.15. The highest BCUT2D eigenvalue weighted by Gasteiger charge is 2.31. The highest BCUT2D eigenvalue weighted by Crippen LogP contribution is 2.38. The Balaban J connectivity index is 1.78. The van der Waals surface area contributed by atoms with Crippen LogP contribution in [0.2, 0.25) is 0 Å². The molecule has 1 aromatic heterocycles. The number of anilines is 1. The Labute approximate surface area is 126 Å². The van der Waals surface area contributed by atoms with Crippen molar-refractivity contribution >= 4 is 16.5 Å². The normalized spacial score (nSPS) is 20.1. The summed E-state index contributed by atoms with van der Waals surface area (Å²) in [5.41, 5.74) is 7.19. The van der Waals surface area contributed by atoms with Crippen molar-refractivity contribution in [2.45, 2.75) is 58.4 Å². The summed E-state index contributed by atoms with van der Waals surface area (Å²) >= 11 is 1.84. The van der Waals surface area contributed by atoms with Gasteiger partial charge in [0, 0.05) is 24.5 Å². The molecule has 4 heteroatoms. The van der Waals surface area contributed by atoms with Crippen LogP contribution in [-0.2, 0) is 6.54 Å². The maximum atomic E-state index is 5.94. The zero-order valence-electron chi connectivity index (χ0n) is 12.8. The molecule has 3 nitrogen and oxygen atoms in total. The average molecular weight is 293 g/mol. The van der Waals surface area contributed by atoms with Crippen LogP contribution in [0.1, 0.15) is 62.4 Å². The molecule has 0 spiro atoms. The molecule has 112 valence electrons. The SMILES string of the molecule is CCC(C)c1nc(N(CC2CC2)CC2CC2)sc1CN. The molecule has 2 saturated carbocycles. The van der Waals surface area contributed by atoms with Crippen LogP contribution in [0.3, 0.4) is 0 Å². The van der Waals surface area contributed by atoms with Crippen molar-refractivity contribution in [3.05, 3.63) is 10.6 Å². The molecular formula is C16H27N3S. The Bertz CT molecular complexity index is 435. The minimum absolute atomic E-state index is 0.530. The fourth-order valence-corrected chi connectivity index (χ4v) is 3.74. The number of rotatable bonds is 8. The highest BCUT2D eigenvalue weighted by molar-refractivity contribution is 7.15. The Kier molecular flexibility index (Phi) is 4.32. The molecule has 0 amide bonds. The van der Waals surface area contributed by atoms with Gasteiger partial charge in [0.1, 0.15) is 0 Å². The van der Waals surface area contributed by atoms with Crippen molar-refractivity contribution in [2.75, 3.05) is 18.0 Å². The maximum absolute atomic E-state index is 5.94. The summed E-state index contributed by atoms with van der Waals surface area (Å²) in [5.74, 6) is 2.37. The van der Waals surface area contributed by atoms with Crippen molar-refractivity contribution in [1.82, 2.24) is 4.98 Å². The van der Waals surface area contributed by atoms with Crippen molar-refractivity contribution < 1.29 is 0 Å². The first-order chi connectivity index (χ1) is 9.71. The molecule has 0 aromatic carbocycles. The third-order valence-corrected chi connectivity index (χ3v) is 5.76. The molecule has 2 aliphatic rings. The van der Waals surface area contributed by atoms with E-state index >= 15 is 0 Å². The topological polar surface area (TPSA) is 42.2 Å². The van der Waals surface area contributed by atoms with Crippen LogP contribution < -0.4 is 10.6 Å². The molecule has 1 unspecified atom stereocenters. The van der Waals surface area contributed by atoms with Crippen molar-refractivity contribution in [2.24, 2.45) is 17.6 Å². The van der Waals surface area contributed by atoms with Gasteiger partial charge in [-0.3, -0.25) is 0 Å². The van der Waals surface area contributed by atoms with Crippen molar-refractivity contribution in [3.8, 4) is 0 Å². The third-order valence-electron chi connectivity index (χ3n) is 4.60. The van der Waals surface area contributed by atoms with E-state index in [0.717, 1.165) is 18.3 Å². The summed E-state index contributed by atoms with van der Waals surface area (Å²) < 4.78 is 0. The molecule has 1 heterocycles. The van der Waals surface area contributed by atoms with Gasteiger partial charge >= 0.3 is 0 Å². The Morgan fingerprint density at radius 1 is 1.25 bits per heavy atom. The van der Waals surface area contributed by atoms with Crippen LogP contribution in [-0.4, -0.2) is 18.1 Å². The van der Waals surface area contributed by atoms with Crippen LogP contribution in [0.4, 0.5) is 5.13 Å². The molecule has 3 rings (SSSR count). The number of hydrogen-bond acceptors (Lipinski definition) is 4. The molecule has 2 aliphatic carbocycles.